The number of aromatic nitrogens is 2. The molecule has 1 fully saturated rings. The lowest BCUT2D eigenvalue weighted by Gasteiger charge is -2.33. The fraction of sp³-hybridized carbons (Fsp3) is 0.733. The number of nitrogens with zero attached hydrogens (tertiary/aromatic N) is 4. The summed E-state index contributed by atoms with van der Waals surface area (Å²) < 4.78 is 9.80. The fourth-order valence-electron chi connectivity index (χ4n) is 2.75. The molecule has 2 amide bonds. The van der Waals surface area contributed by atoms with E-state index in [-0.39, 0.29) is 24.3 Å². The Morgan fingerprint density at radius 1 is 1.48 bits per heavy atom. The van der Waals surface area contributed by atoms with Crippen molar-refractivity contribution in [2.75, 3.05) is 40.4 Å². The highest BCUT2D eigenvalue weighted by atomic mass is 16.5. The van der Waals surface area contributed by atoms with Crippen LogP contribution in [0.4, 0.5) is 0 Å². The first kappa shape index (κ1) is 17.4. The van der Waals surface area contributed by atoms with Gasteiger partial charge in [0, 0.05) is 47.1 Å². The predicted molar refractivity (Wildman–Crippen MR) is 81.6 cm³/mol. The Hall–Kier alpha value is -1.96. The highest BCUT2D eigenvalue weighted by Gasteiger charge is 2.30. The van der Waals surface area contributed by atoms with Crippen LogP contribution in [0.15, 0.2) is 4.52 Å². The van der Waals surface area contributed by atoms with E-state index in [2.05, 4.69) is 10.1 Å². The third-order valence-corrected chi connectivity index (χ3v) is 4.01. The number of carbonyl (C=O) groups excluding carboxylic acids is 2. The molecule has 1 aromatic heterocycles. The number of rotatable bonds is 6. The van der Waals surface area contributed by atoms with E-state index in [1.54, 1.807) is 23.8 Å². The van der Waals surface area contributed by atoms with Gasteiger partial charge >= 0.3 is 0 Å². The molecular weight excluding hydrogens is 300 g/mol. The van der Waals surface area contributed by atoms with Crippen molar-refractivity contribution < 1.29 is 18.8 Å². The molecule has 8 heteroatoms. The molecule has 128 valence electrons. The number of likely N-dealkylation sites (tertiary alicyclic amines) is 1. The molecule has 0 aliphatic carbocycles. The summed E-state index contributed by atoms with van der Waals surface area (Å²) in [5, 5.41) is 3.82. The summed E-state index contributed by atoms with van der Waals surface area (Å²) in [6.45, 7) is 3.48. The smallest absolute Gasteiger partial charge is 0.248 e. The largest absolute Gasteiger partial charge is 0.375 e. The van der Waals surface area contributed by atoms with Crippen molar-refractivity contribution in [3.05, 3.63) is 11.7 Å². The van der Waals surface area contributed by atoms with Crippen LogP contribution in [0.5, 0.6) is 0 Å². The molecule has 0 radical (unpaired) electrons. The number of methoxy groups -OCH3 is 1. The van der Waals surface area contributed by atoms with Gasteiger partial charge in [0.1, 0.15) is 6.61 Å². The monoisotopic (exact) mass is 324 g/mol. The quantitative estimate of drug-likeness (QED) is 0.746. The van der Waals surface area contributed by atoms with Gasteiger partial charge in [0.15, 0.2) is 5.82 Å². The molecule has 1 saturated heterocycles. The van der Waals surface area contributed by atoms with E-state index >= 15 is 0 Å². The Labute approximate surface area is 135 Å². The van der Waals surface area contributed by atoms with E-state index in [1.165, 1.54) is 7.11 Å². The van der Waals surface area contributed by atoms with Crippen LogP contribution >= 0.6 is 0 Å². The molecule has 0 aromatic carbocycles. The lowest BCUT2D eigenvalue weighted by Crippen LogP contribution is -2.47. The maximum Gasteiger partial charge on any atom is 0.248 e. The lowest BCUT2D eigenvalue weighted by molar-refractivity contribution is -0.142. The van der Waals surface area contributed by atoms with Crippen LogP contribution in [0.1, 0.15) is 24.6 Å². The van der Waals surface area contributed by atoms with E-state index in [4.69, 9.17) is 9.26 Å². The number of aryl methyl sites for hydroxylation is 1. The minimum Gasteiger partial charge on any atom is -0.375 e. The minimum atomic E-state index is -0.151. The zero-order valence-corrected chi connectivity index (χ0v) is 13.9. The van der Waals surface area contributed by atoms with Gasteiger partial charge in [-0.25, -0.2) is 0 Å². The van der Waals surface area contributed by atoms with Crippen molar-refractivity contribution in [1.29, 1.82) is 0 Å². The van der Waals surface area contributed by atoms with E-state index in [9.17, 15) is 9.59 Å². The Bertz CT molecular complexity index is 545. The maximum atomic E-state index is 12.5. The summed E-state index contributed by atoms with van der Waals surface area (Å²) in [6.07, 6.45) is 2.20. The summed E-state index contributed by atoms with van der Waals surface area (Å²) in [7, 11) is 3.27. The number of amides is 2. The zero-order valence-electron chi connectivity index (χ0n) is 13.9. The van der Waals surface area contributed by atoms with Crippen molar-refractivity contribution in [3.63, 3.8) is 0 Å². The summed E-state index contributed by atoms with van der Waals surface area (Å²) >= 11 is 0. The Morgan fingerprint density at radius 3 is 2.91 bits per heavy atom. The topological polar surface area (TPSA) is 88.8 Å². The Morgan fingerprint density at radius 2 is 2.26 bits per heavy atom. The summed E-state index contributed by atoms with van der Waals surface area (Å²) in [5.41, 5.74) is 0. The summed E-state index contributed by atoms with van der Waals surface area (Å²) in [4.78, 5) is 32.0. The maximum absolute atomic E-state index is 12.5. The fourth-order valence-corrected chi connectivity index (χ4v) is 2.75. The predicted octanol–water partition coefficient (Wildman–Crippen LogP) is 0.264. The number of hydrogen-bond donors (Lipinski definition) is 0. The third-order valence-electron chi connectivity index (χ3n) is 4.01. The molecule has 0 bridgehead atoms. The van der Waals surface area contributed by atoms with Crippen LogP contribution < -0.4 is 0 Å². The van der Waals surface area contributed by atoms with Crippen molar-refractivity contribution in [1.82, 2.24) is 19.9 Å². The second-order valence-corrected chi connectivity index (χ2v) is 5.85. The van der Waals surface area contributed by atoms with Crippen molar-refractivity contribution >= 4 is 11.8 Å². The van der Waals surface area contributed by atoms with Crippen LogP contribution in [-0.2, 0) is 20.7 Å². The molecule has 1 atom stereocenters. The normalized spacial score (nSPS) is 18.0. The van der Waals surface area contributed by atoms with Gasteiger partial charge in [-0.15, -0.1) is 0 Å². The SMILES string of the molecule is COCC(=O)N1CCC[C@H](C(=O)N(C)CCc2noc(C)n2)C1. The van der Waals surface area contributed by atoms with Crippen LogP contribution in [0.2, 0.25) is 0 Å². The molecule has 0 saturated carbocycles. The van der Waals surface area contributed by atoms with Gasteiger partial charge in [0.05, 0.1) is 5.92 Å². The molecule has 1 aliphatic rings. The van der Waals surface area contributed by atoms with Gasteiger partial charge in [-0.2, -0.15) is 4.98 Å². The van der Waals surface area contributed by atoms with E-state index in [1.807, 2.05) is 0 Å². The Kier molecular flexibility index (Phi) is 6.09. The van der Waals surface area contributed by atoms with Crippen LogP contribution in [0, 0.1) is 12.8 Å². The lowest BCUT2D eigenvalue weighted by atomic mass is 9.96. The first-order chi connectivity index (χ1) is 11.0. The first-order valence-corrected chi connectivity index (χ1v) is 7.82. The summed E-state index contributed by atoms with van der Waals surface area (Å²) in [6, 6.07) is 0. The van der Waals surface area contributed by atoms with Crippen molar-refractivity contribution in [3.8, 4) is 0 Å². The average Bonchev–Trinajstić information content (AvgIpc) is 2.97. The average molecular weight is 324 g/mol. The molecule has 0 unspecified atom stereocenters. The molecule has 2 rings (SSSR count). The molecule has 0 N–H and O–H groups in total. The zero-order chi connectivity index (χ0) is 16.8. The number of hydrogen-bond acceptors (Lipinski definition) is 6. The van der Waals surface area contributed by atoms with Crippen molar-refractivity contribution in [2.45, 2.75) is 26.2 Å². The summed E-state index contributed by atoms with van der Waals surface area (Å²) in [5.74, 6) is 0.966. The molecule has 2 heterocycles. The third kappa shape index (κ3) is 4.75. The van der Waals surface area contributed by atoms with Gasteiger partial charge < -0.3 is 19.1 Å². The molecule has 8 nitrogen and oxygen atoms in total. The second-order valence-electron chi connectivity index (χ2n) is 5.85. The van der Waals surface area contributed by atoms with E-state index in [0.717, 1.165) is 12.8 Å². The molecule has 1 aliphatic heterocycles. The van der Waals surface area contributed by atoms with Crippen LogP contribution in [0.3, 0.4) is 0 Å². The van der Waals surface area contributed by atoms with Gasteiger partial charge in [-0.3, -0.25) is 9.59 Å². The van der Waals surface area contributed by atoms with Crippen LogP contribution in [0.25, 0.3) is 0 Å². The number of ether oxygens (including phenoxy) is 1. The highest BCUT2D eigenvalue weighted by Crippen LogP contribution is 2.19. The van der Waals surface area contributed by atoms with Crippen LogP contribution in [-0.4, -0.2) is 72.2 Å². The Balaban J connectivity index is 1.84. The van der Waals surface area contributed by atoms with Gasteiger partial charge in [0.2, 0.25) is 17.7 Å². The number of piperidine rings is 1. The molecule has 0 spiro atoms. The van der Waals surface area contributed by atoms with Crippen molar-refractivity contribution in [2.24, 2.45) is 5.92 Å². The minimum absolute atomic E-state index is 0.0557. The second kappa shape index (κ2) is 8.05. The van der Waals surface area contributed by atoms with Gasteiger partial charge in [-0.1, -0.05) is 5.16 Å². The van der Waals surface area contributed by atoms with Gasteiger partial charge in [0.25, 0.3) is 0 Å². The standard InChI is InChI=1S/C15H24N4O4/c1-11-16-13(17-23-11)6-8-18(2)15(21)12-5-4-7-19(9-12)14(20)10-22-3/h12H,4-10H2,1-3H3/t12-/m0/s1. The molecule has 1 aromatic rings. The molecular formula is C15H24N4O4. The number of carbonyl (C=O) groups is 2. The highest BCUT2D eigenvalue weighted by molar-refractivity contribution is 5.81. The molecule has 23 heavy (non-hydrogen) atoms. The van der Waals surface area contributed by atoms with Gasteiger partial charge in [-0.05, 0) is 12.8 Å². The first-order valence-electron chi connectivity index (χ1n) is 7.82. The van der Waals surface area contributed by atoms with E-state index in [0.29, 0.717) is 37.8 Å². The van der Waals surface area contributed by atoms with E-state index < -0.39 is 0 Å². The number of likely N-dealkylation sites (N-methyl/N-ethyl adjacent to an activating group) is 1.